The van der Waals surface area contributed by atoms with Gasteiger partial charge in [0.1, 0.15) is 11.3 Å². The molecule has 1 N–H and O–H groups in total. The highest BCUT2D eigenvalue weighted by Gasteiger charge is 2.29. The van der Waals surface area contributed by atoms with Crippen molar-refractivity contribution in [2.45, 2.75) is 46.2 Å². The lowest BCUT2D eigenvalue weighted by Crippen LogP contribution is -2.50. The number of rotatable bonds is 4. The van der Waals surface area contributed by atoms with Crippen LogP contribution in [0.3, 0.4) is 0 Å². The summed E-state index contributed by atoms with van der Waals surface area (Å²) in [5.41, 5.74) is 0.888. The number of hydrogen-bond acceptors (Lipinski definition) is 3. The standard InChI is InChI=1S/C20H28N2O2/c1-13-9-14(2)12-22(11-13)20(23)16(4)21-15(3)19-10-17-7-5-6-8-18(17)24-19/h5-8,10,13-16,21H,9,11-12H2,1-4H3. The molecule has 0 saturated carbocycles. The minimum atomic E-state index is -0.217. The van der Waals surface area contributed by atoms with Gasteiger partial charge >= 0.3 is 0 Å². The van der Waals surface area contributed by atoms with Gasteiger partial charge < -0.3 is 9.32 Å². The summed E-state index contributed by atoms with van der Waals surface area (Å²) < 4.78 is 5.90. The second-order valence-electron chi connectivity index (χ2n) is 7.49. The molecule has 4 unspecified atom stereocenters. The Labute approximate surface area is 144 Å². The molecule has 1 aromatic heterocycles. The zero-order valence-electron chi connectivity index (χ0n) is 15.1. The van der Waals surface area contributed by atoms with Gasteiger partial charge in [0.15, 0.2) is 0 Å². The van der Waals surface area contributed by atoms with Crippen molar-refractivity contribution < 1.29 is 9.21 Å². The van der Waals surface area contributed by atoms with Gasteiger partial charge in [0.2, 0.25) is 5.91 Å². The van der Waals surface area contributed by atoms with Crippen LogP contribution < -0.4 is 5.32 Å². The van der Waals surface area contributed by atoms with Gasteiger partial charge in [-0.25, -0.2) is 0 Å². The van der Waals surface area contributed by atoms with Gasteiger partial charge in [0.05, 0.1) is 12.1 Å². The second-order valence-corrected chi connectivity index (χ2v) is 7.49. The molecule has 2 heterocycles. The molecule has 0 bridgehead atoms. The highest BCUT2D eigenvalue weighted by molar-refractivity contribution is 5.82. The summed E-state index contributed by atoms with van der Waals surface area (Å²) >= 11 is 0. The lowest BCUT2D eigenvalue weighted by Gasteiger charge is -2.36. The number of para-hydroxylation sites is 1. The number of furan rings is 1. The van der Waals surface area contributed by atoms with E-state index >= 15 is 0 Å². The number of carbonyl (C=O) groups is 1. The Morgan fingerprint density at radius 2 is 1.88 bits per heavy atom. The minimum Gasteiger partial charge on any atom is -0.459 e. The Bertz CT molecular complexity index is 665. The third-order valence-electron chi connectivity index (χ3n) is 4.92. The molecule has 0 spiro atoms. The lowest BCUT2D eigenvalue weighted by molar-refractivity contribution is -0.136. The molecule has 24 heavy (non-hydrogen) atoms. The minimum absolute atomic E-state index is 0.00372. The number of likely N-dealkylation sites (tertiary alicyclic amines) is 1. The predicted octanol–water partition coefficient (Wildman–Crippen LogP) is 3.98. The van der Waals surface area contributed by atoms with Crippen molar-refractivity contribution >= 4 is 16.9 Å². The van der Waals surface area contributed by atoms with Crippen molar-refractivity contribution in [2.75, 3.05) is 13.1 Å². The van der Waals surface area contributed by atoms with Crippen LogP contribution in [-0.2, 0) is 4.79 Å². The molecule has 4 atom stereocenters. The topological polar surface area (TPSA) is 45.5 Å². The van der Waals surface area contributed by atoms with E-state index in [0.29, 0.717) is 11.8 Å². The molecule has 1 aromatic carbocycles. The number of carbonyl (C=O) groups excluding carboxylic acids is 1. The Morgan fingerprint density at radius 3 is 2.54 bits per heavy atom. The van der Waals surface area contributed by atoms with E-state index in [9.17, 15) is 4.79 Å². The van der Waals surface area contributed by atoms with Crippen molar-refractivity contribution in [3.63, 3.8) is 0 Å². The van der Waals surface area contributed by atoms with E-state index < -0.39 is 0 Å². The van der Waals surface area contributed by atoms with Gasteiger partial charge in [-0.1, -0.05) is 32.0 Å². The number of benzene rings is 1. The normalized spacial score (nSPS) is 24.1. The third kappa shape index (κ3) is 3.64. The molecule has 3 rings (SSSR count). The first kappa shape index (κ1) is 17.0. The Kier molecular flexibility index (Phi) is 4.95. The third-order valence-corrected chi connectivity index (χ3v) is 4.92. The molecule has 1 aliphatic heterocycles. The van der Waals surface area contributed by atoms with E-state index in [4.69, 9.17) is 4.42 Å². The average Bonchev–Trinajstić information content (AvgIpc) is 2.97. The quantitative estimate of drug-likeness (QED) is 0.923. The Morgan fingerprint density at radius 1 is 1.21 bits per heavy atom. The molecular weight excluding hydrogens is 300 g/mol. The highest BCUT2D eigenvalue weighted by atomic mass is 16.3. The van der Waals surface area contributed by atoms with Crippen LogP contribution in [-0.4, -0.2) is 29.9 Å². The van der Waals surface area contributed by atoms with Crippen LogP contribution in [0.25, 0.3) is 11.0 Å². The molecule has 4 nitrogen and oxygen atoms in total. The first-order chi connectivity index (χ1) is 11.4. The fraction of sp³-hybridized carbons (Fsp3) is 0.550. The number of nitrogens with one attached hydrogen (secondary N) is 1. The van der Waals surface area contributed by atoms with Crippen molar-refractivity contribution in [3.05, 3.63) is 36.1 Å². The molecule has 1 amide bonds. The SMILES string of the molecule is CC1CC(C)CN(C(=O)C(C)NC(C)c2cc3ccccc3o2)C1. The summed E-state index contributed by atoms with van der Waals surface area (Å²) in [5, 5.41) is 4.49. The number of piperidine rings is 1. The van der Waals surface area contributed by atoms with Crippen LogP contribution in [0.15, 0.2) is 34.7 Å². The van der Waals surface area contributed by atoms with Crippen molar-refractivity contribution in [1.82, 2.24) is 10.2 Å². The summed E-state index contributed by atoms with van der Waals surface area (Å²) in [6.45, 7) is 10.2. The van der Waals surface area contributed by atoms with E-state index in [1.807, 2.05) is 43.0 Å². The number of nitrogens with zero attached hydrogens (tertiary/aromatic N) is 1. The molecule has 1 saturated heterocycles. The molecule has 0 radical (unpaired) electrons. The summed E-state index contributed by atoms with van der Waals surface area (Å²) in [6.07, 6.45) is 1.21. The molecule has 1 fully saturated rings. The Balaban J connectivity index is 1.64. The van der Waals surface area contributed by atoms with Gasteiger partial charge in [-0.05, 0) is 44.2 Å². The maximum Gasteiger partial charge on any atom is 0.239 e. The van der Waals surface area contributed by atoms with Crippen LogP contribution in [0.5, 0.6) is 0 Å². The van der Waals surface area contributed by atoms with Gasteiger partial charge in [0.25, 0.3) is 0 Å². The van der Waals surface area contributed by atoms with Crippen LogP contribution in [0, 0.1) is 11.8 Å². The van der Waals surface area contributed by atoms with E-state index in [2.05, 4.69) is 25.2 Å². The monoisotopic (exact) mass is 328 g/mol. The average molecular weight is 328 g/mol. The fourth-order valence-corrected chi connectivity index (χ4v) is 3.86. The maximum absolute atomic E-state index is 12.8. The summed E-state index contributed by atoms with van der Waals surface area (Å²) in [5.74, 6) is 2.22. The van der Waals surface area contributed by atoms with Gasteiger partial charge in [-0.2, -0.15) is 0 Å². The number of amides is 1. The fourth-order valence-electron chi connectivity index (χ4n) is 3.86. The zero-order valence-corrected chi connectivity index (χ0v) is 15.1. The van der Waals surface area contributed by atoms with Crippen LogP contribution in [0.2, 0.25) is 0 Å². The summed E-state index contributed by atoms with van der Waals surface area (Å²) in [7, 11) is 0. The second kappa shape index (κ2) is 6.98. The summed E-state index contributed by atoms with van der Waals surface area (Å²) in [4.78, 5) is 14.8. The van der Waals surface area contributed by atoms with Crippen molar-refractivity contribution in [1.29, 1.82) is 0 Å². The molecule has 130 valence electrons. The predicted molar refractivity (Wildman–Crippen MR) is 96.8 cm³/mol. The molecule has 4 heteroatoms. The summed E-state index contributed by atoms with van der Waals surface area (Å²) in [6, 6.07) is 9.82. The van der Waals surface area contributed by atoms with Crippen molar-refractivity contribution in [3.8, 4) is 0 Å². The molecular formula is C20H28N2O2. The zero-order chi connectivity index (χ0) is 17.3. The van der Waals surface area contributed by atoms with E-state index in [-0.39, 0.29) is 18.0 Å². The molecule has 0 aliphatic carbocycles. The van der Waals surface area contributed by atoms with Crippen LogP contribution in [0.1, 0.15) is 45.9 Å². The van der Waals surface area contributed by atoms with Gasteiger partial charge in [-0.15, -0.1) is 0 Å². The van der Waals surface area contributed by atoms with E-state index in [1.165, 1.54) is 6.42 Å². The smallest absolute Gasteiger partial charge is 0.239 e. The van der Waals surface area contributed by atoms with Crippen LogP contribution in [0.4, 0.5) is 0 Å². The van der Waals surface area contributed by atoms with Crippen LogP contribution >= 0.6 is 0 Å². The first-order valence-corrected chi connectivity index (χ1v) is 8.97. The maximum atomic E-state index is 12.8. The number of fused-ring (bicyclic) bond motifs is 1. The number of hydrogen-bond donors (Lipinski definition) is 1. The highest BCUT2D eigenvalue weighted by Crippen LogP contribution is 2.25. The largest absolute Gasteiger partial charge is 0.459 e. The molecule has 1 aliphatic rings. The van der Waals surface area contributed by atoms with Crippen molar-refractivity contribution in [2.24, 2.45) is 11.8 Å². The van der Waals surface area contributed by atoms with Gasteiger partial charge in [-0.3, -0.25) is 10.1 Å². The van der Waals surface area contributed by atoms with Gasteiger partial charge in [0, 0.05) is 18.5 Å². The van der Waals surface area contributed by atoms with E-state index in [0.717, 1.165) is 29.8 Å². The Hall–Kier alpha value is -1.81. The van der Waals surface area contributed by atoms with E-state index in [1.54, 1.807) is 0 Å². The molecule has 2 aromatic rings. The first-order valence-electron chi connectivity index (χ1n) is 8.97. The lowest BCUT2D eigenvalue weighted by atomic mass is 9.91.